The van der Waals surface area contributed by atoms with Crippen molar-refractivity contribution in [3.63, 3.8) is 0 Å². The van der Waals surface area contributed by atoms with Crippen LogP contribution in [0.2, 0.25) is 0 Å². The second-order valence-corrected chi connectivity index (χ2v) is 4.18. The lowest BCUT2D eigenvalue weighted by atomic mass is 10.1. The Hall–Kier alpha value is -1.22. The van der Waals surface area contributed by atoms with Crippen molar-refractivity contribution in [3.05, 3.63) is 23.8 Å². The summed E-state index contributed by atoms with van der Waals surface area (Å²) in [5.74, 6) is 0. The van der Waals surface area contributed by atoms with Crippen LogP contribution >= 0.6 is 0 Å². The van der Waals surface area contributed by atoms with Crippen molar-refractivity contribution in [1.82, 2.24) is 0 Å². The molecule has 3 N–H and O–H groups in total. The first-order chi connectivity index (χ1) is 7.24. The zero-order chi connectivity index (χ0) is 10.8. The van der Waals surface area contributed by atoms with Gasteiger partial charge in [0.25, 0.3) is 0 Å². The van der Waals surface area contributed by atoms with Crippen LogP contribution in [0.4, 0.5) is 11.4 Å². The number of aliphatic hydroxyl groups excluding tert-OH is 1. The molecule has 1 aromatic rings. The van der Waals surface area contributed by atoms with Gasteiger partial charge in [0.05, 0.1) is 24.0 Å². The van der Waals surface area contributed by atoms with Gasteiger partial charge >= 0.3 is 0 Å². The molecule has 1 fully saturated rings. The number of para-hydroxylation sites is 1. The molecule has 0 saturated carbocycles. The number of hydrogen-bond donors (Lipinski definition) is 2. The number of benzene rings is 1. The predicted octanol–water partition coefficient (Wildman–Crippen LogP) is 1.54. The number of aryl methyl sites for hydroxylation is 1. The fourth-order valence-corrected chi connectivity index (χ4v) is 2.26. The predicted molar refractivity (Wildman–Crippen MR) is 63.0 cm³/mol. The summed E-state index contributed by atoms with van der Waals surface area (Å²) in [5.41, 5.74) is 9.08. The van der Waals surface area contributed by atoms with E-state index in [9.17, 15) is 5.11 Å². The van der Waals surface area contributed by atoms with E-state index in [0.29, 0.717) is 0 Å². The van der Waals surface area contributed by atoms with Gasteiger partial charge in [0.2, 0.25) is 0 Å². The molecule has 0 amide bonds. The van der Waals surface area contributed by atoms with Gasteiger partial charge in [-0.05, 0) is 31.4 Å². The van der Waals surface area contributed by atoms with Gasteiger partial charge in [-0.15, -0.1) is 0 Å². The highest BCUT2D eigenvalue weighted by Gasteiger charge is 2.25. The Labute approximate surface area is 90.5 Å². The Morgan fingerprint density at radius 2 is 2.33 bits per heavy atom. The van der Waals surface area contributed by atoms with Crippen LogP contribution in [0, 0.1) is 6.92 Å². The van der Waals surface area contributed by atoms with Crippen LogP contribution in [-0.2, 0) is 0 Å². The fourth-order valence-electron chi connectivity index (χ4n) is 2.26. The summed E-state index contributed by atoms with van der Waals surface area (Å²) in [4.78, 5) is 2.22. The van der Waals surface area contributed by atoms with Crippen LogP contribution in [0.15, 0.2) is 18.2 Å². The number of rotatable bonds is 2. The van der Waals surface area contributed by atoms with Crippen LogP contribution in [0.25, 0.3) is 0 Å². The number of nitrogens with zero attached hydrogens (tertiary/aromatic N) is 1. The highest BCUT2D eigenvalue weighted by Crippen LogP contribution is 2.31. The van der Waals surface area contributed by atoms with Crippen molar-refractivity contribution in [3.8, 4) is 0 Å². The molecule has 0 radical (unpaired) electrons. The van der Waals surface area contributed by atoms with Crippen molar-refractivity contribution >= 4 is 11.4 Å². The van der Waals surface area contributed by atoms with E-state index in [1.165, 1.54) is 0 Å². The molecular weight excluding hydrogens is 188 g/mol. The normalized spacial score (nSPS) is 20.9. The van der Waals surface area contributed by atoms with E-state index in [2.05, 4.69) is 4.90 Å². The number of nitrogens with two attached hydrogens (primary N) is 1. The molecule has 1 atom stereocenters. The summed E-state index contributed by atoms with van der Waals surface area (Å²) < 4.78 is 0. The minimum absolute atomic E-state index is 0.216. The number of aliphatic hydroxyl groups is 1. The van der Waals surface area contributed by atoms with Crippen molar-refractivity contribution in [2.24, 2.45) is 0 Å². The monoisotopic (exact) mass is 206 g/mol. The molecule has 3 heteroatoms. The minimum Gasteiger partial charge on any atom is -0.397 e. The van der Waals surface area contributed by atoms with E-state index in [-0.39, 0.29) is 12.6 Å². The maximum Gasteiger partial charge on any atom is 0.0635 e. The number of hydrogen-bond acceptors (Lipinski definition) is 3. The van der Waals surface area contributed by atoms with Crippen LogP contribution in [0.3, 0.4) is 0 Å². The first-order valence-corrected chi connectivity index (χ1v) is 5.46. The number of anilines is 2. The molecule has 1 heterocycles. The second-order valence-electron chi connectivity index (χ2n) is 4.18. The van der Waals surface area contributed by atoms with Crippen LogP contribution in [-0.4, -0.2) is 24.3 Å². The Kier molecular flexibility index (Phi) is 2.82. The van der Waals surface area contributed by atoms with Crippen molar-refractivity contribution in [2.75, 3.05) is 23.8 Å². The van der Waals surface area contributed by atoms with Gasteiger partial charge < -0.3 is 15.7 Å². The minimum atomic E-state index is 0.216. The molecule has 1 aliphatic heterocycles. The summed E-state index contributed by atoms with van der Waals surface area (Å²) in [6, 6.07) is 6.32. The molecule has 82 valence electrons. The molecule has 0 spiro atoms. The van der Waals surface area contributed by atoms with Crippen molar-refractivity contribution in [1.29, 1.82) is 0 Å². The molecule has 0 aliphatic carbocycles. The summed E-state index contributed by atoms with van der Waals surface area (Å²) in [6.07, 6.45) is 2.20. The Balaban J connectivity index is 2.32. The lowest BCUT2D eigenvalue weighted by molar-refractivity contribution is 0.266. The molecule has 1 aliphatic rings. The third kappa shape index (κ3) is 1.79. The highest BCUT2D eigenvalue weighted by molar-refractivity contribution is 5.71. The summed E-state index contributed by atoms with van der Waals surface area (Å²) >= 11 is 0. The Morgan fingerprint density at radius 3 is 3.07 bits per heavy atom. The first kappa shape index (κ1) is 10.3. The molecule has 1 aromatic carbocycles. The SMILES string of the molecule is Cc1cccc(N2CCCC2CO)c1N. The lowest BCUT2D eigenvalue weighted by Crippen LogP contribution is -2.32. The van der Waals surface area contributed by atoms with Crippen LogP contribution < -0.4 is 10.6 Å². The molecule has 15 heavy (non-hydrogen) atoms. The molecular formula is C12H18N2O. The average molecular weight is 206 g/mol. The standard InChI is InChI=1S/C12H18N2O/c1-9-4-2-6-11(12(9)13)14-7-3-5-10(14)8-15/h2,4,6,10,15H,3,5,7-8,13H2,1H3. The molecule has 0 bridgehead atoms. The largest absolute Gasteiger partial charge is 0.397 e. The quantitative estimate of drug-likeness (QED) is 0.722. The van der Waals surface area contributed by atoms with E-state index in [4.69, 9.17) is 5.73 Å². The maximum absolute atomic E-state index is 9.28. The van der Waals surface area contributed by atoms with Gasteiger partial charge in [0.1, 0.15) is 0 Å². The molecule has 0 aromatic heterocycles. The van der Waals surface area contributed by atoms with E-state index >= 15 is 0 Å². The lowest BCUT2D eigenvalue weighted by Gasteiger charge is -2.27. The van der Waals surface area contributed by atoms with E-state index in [1.54, 1.807) is 0 Å². The number of nitrogen functional groups attached to an aromatic ring is 1. The molecule has 2 rings (SSSR count). The van der Waals surface area contributed by atoms with Gasteiger partial charge in [-0.25, -0.2) is 0 Å². The van der Waals surface area contributed by atoms with E-state index < -0.39 is 0 Å². The first-order valence-electron chi connectivity index (χ1n) is 5.46. The van der Waals surface area contributed by atoms with Crippen molar-refractivity contribution < 1.29 is 5.11 Å². The van der Waals surface area contributed by atoms with Gasteiger partial charge in [-0.2, -0.15) is 0 Å². The zero-order valence-corrected chi connectivity index (χ0v) is 9.11. The van der Waals surface area contributed by atoms with E-state index in [1.807, 2.05) is 25.1 Å². The summed E-state index contributed by atoms with van der Waals surface area (Å²) in [7, 11) is 0. The zero-order valence-electron chi connectivity index (χ0n) is 9.11. The average Bonchev–Trinajstić information content (AvgIpc) is 2.70. The van der Waals surface area contributed by atoms with Gasteiger partial charge in [0, 0.05) is 6.54 Å². The second kappa shape index (κ2) is 4.11. The third-order valence-corrected chi connectivity index (χ3v) is 3.20. The Bertz CT molecular complexity index is 351. The fraction of sp³-hybridized carbons (Fsp3) is 0.500. The maximum atomic E-state index is 9.28. The Morgan fingerprint density at radius 1 is 1.53 bits per heavy atom. The smallest absolute Gasteiger partial charge is 0.0635 e. The summed E-state index contributed by atoms with van der Waals surface area (Å²) in [6.45, 7) is 3.23. The van der Waals surface area contributed by atoms with E-state index in [0.717, 1.165) is 36.3 Å². The third-order valence-electron chi connectivity index (χ3n) is 3.20. The van der Waals surface area contributed by atoms with Gasteiger partial charge in [-0.1, -0.05) is 12.1 Å². The topological polar surface area (TPSA) is 49.5 Å². The van der Waals surface area contributed by atoms with Gasteiger partial charge in [0.15, 0.2) is 0 Å². The molecule has 3 nitrogen and oxygen atoms in total. The van der Waals surface area contributed by atoms with Crippen LogP contribution in [0.1, 0.15) is 18.4 Å². The highest BCUT2D eigenvalue weighted by atomic mass is 16.3. The van der Waals surface area contributed by atoms with Gasteiger partial charge in [-0.3, -0.25) is 0 Å². The van der Waals surface area contributed by atoms with Crippen molar-refractivity contribution in [2.45, 2.75) is 25.8 Å². The molecule has 1 unspecified atom stereocenters. The molecule has 1 saturated heterocycles. The van der Waals surface area contributed by atoms with Crippen LogP contribution in [0.5, 0.6) is 0 Å². The summed E-state index contributed by atoms with van der Waals surface area (Å²) in [5, 5.41) is 9.28.